The minimum Gasteiger partial charge on any atom is -0.309 e. The largest absolute Gasteiger partial charge is 0.309 e. The van der Waals surface area contributed by atoms with E-state index in [4.69, 9.17) is 4.98 Å². The number of nitrogens with zero attached hydrogens (tertiary/aromatic N) is 6. The Kier molecular flexibility index (Phi) is 9.23. The highest BCUT2D eigenvalue weighted by Crippen LogP contribution is 2.41. The van der Waals surface area contributed by atoms with E-state index in [2.05, 4.69) is 231 Å². The van der Waals surface area contributed by atoms with Crippen LogP contribution in [0.1, 0.15) is 111 Å². The number of fused-ring (bicyclic) bond motifs is 7. The third-order valence-corrected chi connectivity index (χ3v) is 13.5. The number of hydrogen-bond acceptors (Lipinski definition) is 3. The fraction of sp³-hybridized carbons (Fsp3) is 0.293. The van der Waals surface area contributed by atoms with Gasteiger partial charge in [0.25, 0.3) is 5.78 Å². The number of benzene rings is 6. The average molecular weight is 841 g/mol. The molecule has 64 heavy (non-hydrogen) atoms. The van der Waals surface area contributed by atoms with E-state index >= 15 is 0 Å². The molecule has 0 saturated carbocycles. The van der Waals surface area contributed by atoms with Crippen LogP contribution < -0.4 is 0 Å². The average Bonchev–Trinajstić information content (AvgIpc) is 3.94. The van der Waals surface area contributed by atoms with Crippen molar-refractivity contribution >= 4 is 49.4 Å². The van der Waals surface area contributed by atoms with Gasteiger partial charge in [0.2, 0.25) is 0 Å². The van der Waals surface area contributed by atoms with Gasteiger partial charge >= 0.3 is 0 Å². The van der Waals surface area contributed by atoms with Gasteiger partial charge in [0.15, 0.2) is 0 Å². The SMILES string of the molecule is Cc1c(-c2ccc(-n3c4ccc(C(C)(C)C)cc4c4cc(C(C)(C)C)ccc43)cc2)nc2nncn2c1-c1ccc(-n2c3ccc(C(C)(C)C)cc3c3cc(C(C)(C)C)ccc32)cc1. The molecule has 10 aromatic rings. The Balaban J connectivity index is 1.07. The normalized spacial score (nSPS) is 13.1. The quantitative estimate of drug-likeness (QED) is 0.177. The second-order valence-corrected chi connectivity index (χ2v) is 22.1. The molecule has 0 bridgehead atoms. The molecule has 6 aromatic carbocycles. The summed E-state index contributed by atoms with van der Waals surface area (Å²) in [5.74, 6) is 0.571. The second kappa shape index (κ2) is 14.2. The predicted molar refractivity (Wildman–Crippen MR) is 270 cm³/mol. The minimum atomic E-state index is 0.0442. The van der Waals surface area contributed by atoms with Crippen LogP contribution in [0.25, 0.3) is 83.3 Å². The Morgan fingerprint density at radius 1 is 0.406 bits per heavy atom. The van der Waals surface area contributed by atoms with Crippen LogP contribution in [0.4, 0.5) is 0 Å². The lowest BCUT2D eigenvalue weighted by Crippen LogP contribution is -2.10. The molecule has 0 aliphatic carbocycles. The molecule has 10 rings (SSSR count). The molecule has 0 aliphatic heterocycles. The van der Waals surface area contributed by atoms with Crippen molar-refractivity contribution < 1.29 is 0 Å². The van der Waals surface area contributed by atoms with Crippen LogP contribution in [-0.4, -0.2) is 28.7 Å². The molecule has 322 valence electrons. The van der Waals surface area contributed by atoms with Crippen molar-refractivity contribution in [2.24, 2.45) is 0 Å². The summed E-state index contributed by atoms with van der Waals surface area (Å²) in [6, 6.07) is 45.8. The molecule has 0 spiro atoms. The summed E-state index contributed by atoms with van der Waals surface area (Å²) in [7, 11) is 0. The van der Waals surface area contributed by atoms with E-state index in [1.807, 2.05) is 4.40 Å². The van der Waals surface area contributed by atoms with Gasteiger partial charge in [0.05, 0.1) is 33.5 Å². The summed E-state index contributed by atoms with van der Waals surface area (Å²) in [5, 5.41) is 13.9. The molecule has 0 fully saturated rings. The van der Waals surface area contributed by atoms with E-state index in [1.54, 1.807) is 6.33 Å². The van der Waals surface area contributed by atoms with Crippen molar-refractivity contribution in [3.63, 3.8) is 0 Å². The zero-order valence-electron chi connectivity index (χ0n) is 39.8. The van der Waals surface area contributed by atoms with Gasteiger partial charge < -0.3 is 9.13 Å². The van der Waals surface area contributed by atoms with Gasteiger partial charge in [-0.25, -0.2) is 4.98 Å². The summed E-state index contributed by atoms with van der Waals surface area (Å²) in [6.07, 6.45) is 1.77. The minimum absolute atomic E-state index is 0.0442. The van der Waals surface area contributed by atoms with Crippen molar-refractivity contribution in [2.45, 2.75) is 112 Å². The summed E-state index contributed by atoms with van der Waals surface area (Å²) >= 11 is 0. The molecule has 0 N–H and O–H groups in total. The Morgan fingerprint density at radius 2 is 0.750 bits per heavy atom. The Hall–Kier alpha value is -6.53. The highest BCUT2D eigenvalue weighted by molar-refractivity contribution is 6.11. The Bertz CT molecular complexity index is 3310. The molecule has 4 aromatic heterocycles. The molecule has 4 heterocycles. The standard InChI is InChI=1S/C58H60N6/c1-35-52(36-14-22-42(23-15-36)63-48-26-18-38(55(2,3)4)30-44(48)45-31-39(56(5,6)7)19-27-49(45)63)60-54-61-59-34-62(54)53(35)37-16-24-43(25-17-37)64-50-28-20-40(57(8,9)10)32-46(50)47-33-41(58(11,12)13)21-29-51(47)64/h14-34H,1-13H3. The zero-order valence-corrected chi connectivity index (χ0v) is 39.8. The lowest BCUT2D eigenvalue weighted by molar-refractivity contribution is 0.590. The van der Waals surface area contributed by atoms with Gasteiger partial charge in [-0.2, -0.15) is 0 Å². The maximum Gasteiger partial charge on any atom is 0.255 e. The zero-order chi connectivity index (χ0) is 45.2. The van der Waals surface area contributed by atoms with Crippen molar-refractivity contribution in [2.75, 3.05) is 0 Å². The van der Waals surface area contributed by atoms with Crippen molar-refractivity contribution in [1.29, 1.82) is 0 Å². The van der Waals surface area contributed by atoms with Crippen LogP contribution in [0, 0.1) is 6.92 Å². The maximum atomic E-state index is 5.10. The molecular formula is C58H60N6. The van der Waals surface area contributed by atoms with Crippen molar-refractivity contribution in [1.82, 2.24) is 28.7 Å². The Morgan fingerprint density at radius 3 is 1.09 bits per heavy atom. The number of rotatable bonds is 4. The molecule has 0 atom stereocenters. The molecule has 0 radical (unpaired) electrons. The molecule has 6 nitrogen and oxygen atoms in total. The first-order valence-electron chi connectivity index (χ1n) is 22.8. The first kappa shape index (κ1) is 41.5. The predicted octanol–water partition coefficient (Wildman–Crippen LogP) is 15.2. The fourth-order valence-corrected chi connectivity index (χ4v) is 9.58. The van der Waals surface area contributed by atoms with Crippen molar-refractivity contribution in [3.05, 3.63) is 155 Å². The smallest absolute Gasteiger partial charge is 0.255 e. The van der Waals surface area contributed by atoms with Crippen LogP contribution in [0.5, 0.6) is 0 Å². The summed E-state index contributed by atoms with van der Waals surface area (Å²) in [6.45, 7) is 29.6. The van der Waals surface area contributed by atoms with Gasteiger partial charge in [-0.1, -0.05) is 132 Å². The van der Waals surface area contributed by atoms with Gasteiger partial charge in [-0.15, -0.1) is 10.2 Å². The van der Waals surface area contributed by atoms with E-state index in [9.17, 15) is 0 Å². The lowest BCUT2D eigenvalue weighted by atomic mass is 9.85. The first-order valence-corrected chi connectivity index (χ1v) is 22.8. The molecular weight excluding hydrogens is 781 g/mol. The van der Waals surface area contributed by atoms with E-state index in [-0.39, 0.29) is 21.7 Å². The van der Waals surface area contributed by atoms with Crippen molar-refractivity contribution in [3.8, 4) is 33.9 Å². The van der Waals surface area contributed by atoms with E-state index in [0.29, 0.717) is 5.78 Å². The van der Waals surface area contributed by atoms with Crippen LogP contribution in [0.15, 0.2) is 128 Å². The highest BCUT2D eigenvalue weighted by atomic mass is 15.3. The maximum absolute atomic E-state index is 5.10. The van der Waals surface area contributed by atoms with E-state index < -0.39 is 0 Å². The second-order valence-electron chi connectivity index (χ2n) is 22.1. The highest BCUT2D eigenvalue weighted by Gasteiger charge is 2.24. The fourth-order valence-electron chi connectivity index (χ4n) is 9.58. The summed E-state index contributed by atoms with van der Waals surface area (Å²) < 4.78 is 6.84. The third kappa shape index (κ3) is 6.81. The molecule has 0 aliphatic rings. The van der Waals surface area contributed by atoms with Crippen LogP contribution >= 0.6 is 0 Å². The van der Waals surface area contributed by atoms with Gasteiger partial charge in [0, 0.05) is 44.0 Å². The summed E-state index contributed by atoms with van der Waals surface area (Å²) in [5.41, 5.74) is 17.7. The van der Waals surface area contributed by atoms with Gasteiger partial charge in [0.1, 0.15) is 6.33 Å². The molecule has 6 heteroatoms. The lowest BCUT2D eigenvalue weighted by Gasteiger charge is -2.19. The van der Waals surface area contributed by atoms with E-state index in [0.717, 1.165) is 39.5 Å². The number of aromatic nitrogens is 6. The van der Waals surface area contributed by atoms with Crippen LogP contribution in [0.3, 0.4) is 0 Å². The van der Waals surface area contributed by atoms with Gasteiger partial charge in [-0.3, -0.25) is 4.40 Å². The van der Waals surface area contributed by atoms with Gasteiger partial charge in [-0.05, 0) is 129 Å². The molecule has 0 saturated heterocycles. The van der Waals surface area contributed by atoms with Crippen LogP contribution in [-0.2, 0) is 21.7 Å². The third-order valence-electron chi connectivity index (χ3n) is 13.5. The first-order chi connectivity index (χ1) is 30.2. The molecule has 0 unspecified atom stereocenters. The molecule has 0 amide bonds. The van der Waals surface area contributed by atoms with Crippen LogP contribution in [0.2, 0.25) is 0 Å². The number of hydrogen-bond donors (Lipinski definition) is 0. The Labute approximate surface area is 377 Å². The summed E-state index contributed by atoms with van der Waals surface area (Å²) in [4.78, 5) is 5.10. The monoisotopic (exact) mass is 840 g/mol. The topological polar surface area (TPSA) is 52.9 Å². The van der Waals surface area contributed by atoms with E-state index in [1.165, 1.54) is 65.9 Å².